The number of carbonyl (C=O) groups is 3. The fraction of sp³-hybridized carbons (Fsp3) is 0.308. The number of nitrogens with one attached hydrogen (secondary N) is 1. The van der Waals surface area contributed by atoms with Gasteiger partial charge in [-0.2, -0.15) is 0 Å². The molecule has 0 saturated carbocycles. The van der Waals surface area contributed by atoms with Gasteiger partial charge < -0.3 is 44.0 Å². The molecular weight excluding hydrogens is 700 g/mol. The summed E-state index contributed by atoms with van der Waals surface area (Å²) in [4.78, 5) is 43.8. The lowest BCUT2D eigenvalue weighted by Crippen LogP contribution is -2.44. The number of carboxylic acid groups (broad SMARTS) is 2. The molecule has 1 aliphatic heterocycles. The molecule has 2 aromatic carbocycles. The van der Waals surface area contributed by atoms with Crippen LogP contribution in [-0.2, 0) is 16.1 Å². The van der Waals surface area contributed by atoms with E-state index in [9.17, 15) is 14.4 Å². The van der Waals surface area contributed by atoms with Crippen LogP contribution in [0.15, 0.2) is 73.1 Å². The molecule has 54 heavy (non-hydrogen) atoms. The number of rotatable bonds is 14. The first-order valence-electron chi connectivity index (χ1n) is 16.7. The number of piperidine rings is 1. The quantitative estimate of drug-likeness (QED) is 0.147. The number of aromatic nitrogens is 2. The zero-order valence-electron chi connectivity index (χ0n) is 31.0. The maximum absolute atomic E-state index is 13.3. The third kappa shape index (κ3) is 10.6. The maximum Gasteiger partial charge on any atom is 0.328 e. The van der Waals surface area contributed by atoms with Crippen LogP contribution in [0.4, 0.5) is 0 Å². The Labute approximate surface area is 313 Å². The van der Waals surface area contributed by atoms with Crippen molar-refractivity contribution in [3.8, 4) is 57.0 Å². The topological polar surface area (TPSA) is 188 Å². The number of amides is 1. The highest BCUT2D eigenvalue weighted by Gasteiger charge is 2.23. The zero-order valence-corrected chi connectivity index (χ0v) is 31.0. The van der Waals surface area contributed by atoms with Gasteiger partial charge in [0.25, 0.3) is 5.91 Å². The smallest absolute Gasteiger partial charge is 0.328 e. The van der Waals surface area contributed by atoms with Crippen molar-refractivity contribution in [3.05, 3.63) is 84.2 Å². The molecule has 1 amide bonds. The Hall–Kier alpha value is -6.35. The molecule has 4 aromatic rings. The Balaban J connectivity index is 0.000000730. The molecule has 2 aromatic heterocycles. The monoisotopic (exact) mass is 744 g/mol. The molecule has 0 radical (unpaired) electrons. The number of ether oxygens (including phenoxy) is 6. The summed E-state index contributed by atoms with van der Waals surface area (Å²) >= 11 is 0. The van der Waals surface area contributed by atoms with E-state index in [2.05, 4.69) is 26.3 Å². The van der Waals surface area contributed by atoms with Gasteiger partial charge in [-0.05, 0) is 66.9 Å². The van der Waals surface area contributed by atoms with Gasteiger partial charge in [0.1, 0.15) is 0 Å². The summed E-state index contributed by atoms with van der Waals surface area (Å²) < 4.78 is 32.9. The minimum absolute atomic E-state index is 0.0776. The van der Waals surface area contributed by atoms with Gasteiger partial charge in [0.2, 0.25) is 11.5 Å². The summed E-state index contributed by atoms with van der Waals surface area (Å²) in [5.74, 6) is 0.599. The second kappa shape index (κ2) is 19.5. The molecule has 0 aliphatic carbocycles. The lowest BCUT2D eigenvalue weighted by atomic mass is 10.0. The first kappa shape index (κ1) is 40.4. The van der Waals surface area contributed by atoms with Crippen LogP contribution in [0.5, 0.6) is 34.5 Å². The van der Waals surface area contributed by atoms with Crippen LogP contribution in [0.25, 0.3) is 22.5 Å². The predicted octanol–water partition coefficient (Wildman–Crippen LogP) is 4.97. The molecule has 15 heteroatoms. The Morgan fingerprint density at radius 2 is 1.13 bits per heavy atom. The Kier molecular flexibility index (Phi) is 14.6. The van der Waals surface area contributed by atoms with Gasteiger partial charge in [-0.25, -0.2) is 9.59 Å². The molecule has 1 aliphatic rings. The van der Waals surface area contributed by atoms with E-state index in [1.807, 2.05) is 36.5 Å². The fourth-order valence-corrected chi connectivity index (χ4v) is 5.82. The third-order valence-corrected chi connectivity index (χ3v) is 8.46. The second-order valence-electron chi connectivity index (χ2n) is 11.8. The molecule has 1 fully saturated rings. The number of carboxylic acids is 2. The summed E-state index contributed by atoms with van der Waals surface area (Å²) in [7, 11) is 9.47. The minimum atomic E-state index is -1.26. The molecule has 3 heterocycles. The summed E-state index contributed by atoms with van der Waals surface area (Å²) in [6.45, 7) is 2.50. The van der Waals surface area contributed by atoms with E-state index in [-0.39, 0.29) is 11.9 Å². The van der Waals surface area contributed by atoms with Crippen LogP contribution in [0.3, 0.4) is 0 Å². The van der Waals surface area contributed by atoms with Gasteiger partial charge in [0.15, 0.2) is 23.0 Å². The fourth-order valence-electron chi connectivity index (χ4n) is 5.82. The van der Waals surface area contributed by atoms with E-state index in [0.29, 0.717) is 57.9 Å². The Morgan fingerprint density at radius 1 is 0.685 bits per heavy atom. The van der Waals surface area contributed by atoms with Crippen molar-refractivity contribution in [3.63, 3.8) is 0 Å². The number of likely N-dealkylation sites (tertiary alicyclic amines) is 1. The van der Waals surface area contributed by atoms with Crippen LogP contribution in [0.2, 0.25) is 0 Å². The molecule has 3 N–H and O–H groups in total. The molecular formula is C39H44N4O11. The summed E-state index contributed by atoms with van der Waals surface area (Å²) in [6, 6.07) is 15.1. The average Bonchev–Trinajstić information content (AvgIpc) is 3.19. The molecule has 0 unspecified atom stereocenters. The largest absolute Gasteiger partial charge is 0.493 e. The molecule has 15 nitrogen and oxygen atoms in total. The van der Waals surface area contributed by atoms with Gasteiger partial charge in [-0.1, -0.05) is 0 Å². The van der Waals surface area contributed by atoms with Crippen molar-refractivity contribution in [1.29, 1.82) is 0 Å². The zero-order chi connectivity index (χ0) is 39.2. The van der Waals surface area contributed by atoms with Crippen LogP contribution in [0, 0.1) is 0 Å². The van der Waals surface area contributed by atoms with E-state index in [1.54, 1.807) is 61.0 Å². The van der Waals surface area contributed by atoms with Crippen molar-refractivity contribution in [2.75, 3.05) is 55.7 Å². The highest BCUT2D eigenvalue weighted by Crippen LogP contribution is 2.42. The van der Waals surface area contributed by atoms with E-state index in [1.165, 1.54) is 0 Å². The molecule has 286 valence electrons. The number of nitrogens with zero attached hydrogens (tertiary/aromatic N) is 3. The first-order valence-corrected chi connectivity index (χ1v) is 16.7. The van der Waals surface area contributed by atoms with Gasteiger partial charge in [-0.3, -0.25) is 19.7 Å². The number of hydrogen-bond donors (Lipinski definition) is 3. The third-order valence-electron chi connectivity index (χ3n) is 8.46. The SMILES string of the molecule is COc1cc(-c2cc(CN3CCC(NC(=O)c4ccnc(-c5cc(OC)c(OC)c(OC)c5)c4)CC3)ccn2)cc(OC)c1OC.O=C(O)C=CC(=O)O. The number of hydrogen-bond acceptors (Lipinski definition) is 12. The van der Waals surface area contributed by atoms with Crippen molar-refractivity contribution in [2.24, 2.45) is 0 Å². The van der Waals surface area contributed by atoms with E-state index in [0.717, 1.165) is 54.9 Å². The van der Waals surface area contributed by atoms with E-state index < -0.39 is 11.9 Å². The van der Waals surface area contributed by atoms with Crippen molar-refractivity contribution >= 4 is 17.8 Å². The van der Waals surface area contributed by atoms with Gasteiger partial charge in [0.05, 0.1) is 54.0 Å². The normalized spacial score (nSPS) is 12.9. The molecule has 0 atom stereocenters. The molecule has 0 bridgehead atoms. The minimum Gasteiger partial charge on any atom is -0.493 e. The summed E-state index contributed by atoms with van der Waals surface area (Å²) in [5, 5.41) is 18.8. The van der Waals surface area contributed by atoms with E-state index >= 15 is 0 Å². The van der Waals surface area contributed by atoms with Crippen molar-refractivity contribution in [1.82, 2.24) is 20.2 Å². The summed E-state index contributed by atoms with van der Waals surface area (Å²) in [6.07, 6.45) is 6.27. The molecule has 5 rings (SSSR count). The molecule has 0 spiro atoms. The lowest BCUT2D eigenvalue weighted by molar-refractivity contribution is -0.134. The van der Waals surface area contributed by atoms with Gasteiger partial charge in [0, 0.05) is 66.9 Å². The highest BCUT2D eigenvalue weighted by molar-refractivity contribution is 5.95. The standard InChI is InChI=1S/C35H40N4O7.C4H4O4/c1-41-29-17-24(18-30(42-2)33(29)45-5)27-15-22(7-11-36-27)21-39-13-9-26(10-14-39)38-35(40)23-8-12-37-28(16-23)25-19-31(43-3)34(46-6)32(20-25)44-4;5-3(6)1-2-4(7)8/h7-8,11-12,15-20,26H,9-10,13-14,21H2,1-6H3,(H,38,40);1-2H,(H,5,6)(H,7,8). The number of pyridine rings is 2. The van der Waals surface area contributed by atoms with Gasteiger partial charge in [-0.15, -0.1) is 0 Å². The van der Waals surface area contributed by atoms with Crippen LogP contribution >= 0.6 is 0 Å². The first-order chi connectivity index (χ1) is 26.0. The van der Waals surface area contributed by atoms with Crippen LogP contribution < -0.4 is 33.7 Å². The summed E-state index contributed by atoms with van der Waals surface area (Å²) in [5.41, 5.74) is 4.77. The number of aliphatic carboxylic acids is 2. The maximum atomic E-state index is 13.3. The Bertz CT molecular complexity index is 1890. The Morgan fingerprint density at radius 3 is 1.56 bits per heavy atom. The number of methoxy groups -OCH3 is 6. The van der Waals surface area contributed by atoms with Gasteiger partial charge >= 0.3 is 11.9 Å². The van der Waals surface area contributed by atoms with Crippen LogP contribution in [-0.4, -0.2) is 105 Å². The predicted molar refractivity (Wildman–Crippen MR) is 199 cm³/mol. The highest BCUT2D eigenvalue weighted by atomic mass is 16.5. The van der Waals surface area contributed by atoms with Crippen molar-refractivity contribution < 1.29 is 53.0 Å². The van der Waals surface area contributed by atoms with E-state index in [4.69, 9.17) is 38.6 Å². The van der Waals surface area contributed by atoms with Crippen LogP contribution in [0.1, 0.15) is 28.8 Å². The average molecular weight is 745 g/mol. The molecule has 1 saturated heterocycles. The number of carbonyl (C=O) groups excluding carboxylic acids is 1. The second-order valence-corrected chi connectivity index (χ2v) is 11.8. The lowest BCUT2D eigenvalue weighted by Gasteiger charge is -2.32. The van der Waals surface area contributed by atoms with Crippen molar-refractivity contribution in [2.45, 2.75) is 25.4 Å². The number of benzene rings is 2.